The van der Waals surface area contributed by atoms with E-state index in [1.165, 1.54) is 4.68 Å². The highest BCUT2D eigenvalue weighted by Crippen LogP contribution is 2.49. The number of nitrogens with one attached hydrogen (secondary N) is 1. The molecule has 0 bridgehead atoms. The molecule has 1 N–H and O–H groups in total. The zero-order valence-electron chi connectivity index (χ0n) is 17.8. The van der Waals surface area contributed by atoms with Crippen molar-refractivity contribution < 1.29 is 14.6 Å². The molecule has 1 aromatic heterocycles. The van der Waals surface area contributed by atoms with Crippen molar-refractivity contribution in [3.05, 3.63) is 43.6 Å². The van der Waals surface area contributed by atoms with E-state index >= 15 is 0 Å². The molecule has 1 aliphatic heterocycles. The van der Waals surface area contributed by atoms with Crippen molar-refractivity contribution in [1.29, 1.82) is 0 Å². The molecule has 31 heavy (non-hydrogen) atoms. The fraction of sp³-hybridized carbons (Fsp3) is 0.550. The van der Waals surface area contributed by atoms with Crippen LogP contribution in [0.2, 0.25) is 0 Å². The Morgan fingerprint density at radius 3 is 2.52 bits per heavy atom. The van der Waals surface area contributed by atoms with Crippen LogP contribution in [0, 0.1) is 20.2 Å². The van der Waals surface area contributed by atoms with Crippen molar-refractivity contribution in [2.24, 2.45) is 0 Å². The Bertz CT molecular complexity index is 1080. The molecule has 2 aliphatic rings. The third-order valence-corrected chi connectivity index (χ3v) is 6.66. The first kappa shape index (κ1) is 21.0. The van der Waals surface area contributed by atoms with E-state index in [9.17, 15) is 25.0 Å². The predicted molar refractivity (Wildman–Crippen MR) is 115 cm³/mol. The van der Waals surface area contributed by atoms with Gasteiger partial charge in [0.25, 0.3) is 5.69 Å². The Balaban J connectivity index is 1.98. The van der Waals surface area contributed by atoms with Crippen LogP contribution in [0.1, 0.15) is 43.7 Å². The number of amides is 2. The molecule has 1 saturated heterocycles. The van der Waals surface area contributed by atoms with Gasteiger partial charge in [-0.15, -0.1) is 0 Å². The Morgan fingerprint density at radius 1 is 1.23 bits per heavy atom. The average Bonchev–Trinajstić information content (AvgIpc) is 3.08. The number of likely N-dealkylation sites (tertiary alicyclic amines) is 1. The maximum absolute atomic E-state index is 12.7. The topological polar surface area (TPSA) is 127 Å². The fourth-order valence-corrected chi connectivity index (χ4v) is 5.19. The van der Waals surface area contributed by atoms with Crippen LogP contribution in [0.3, 0.4) is 0 Å². The second kappa shape index (κ2) is 7.80. The minimum atomic E-state index is -0.616. The first-order valence-electron chi connectivity index (χ1n) is 10.5. The molecule has 1 fully saturated rings. The number of hydrogen-bond acceptors (Lipinski definition) is 6. The summed E-state index contributed by atoms with van der Waals surface area (Å²) in [5.41, 5.74) is 3.72. The Morgan fingerprint density at radius 2 is 1.90 bits per heavy atom. The number of piperidine rings is 1. The van der Waals surface area contributed by atoms with Crippen molar-refractivity contribution in [3.8, 4) is 0 Å². The number of aromatic nitrogens is 1. The predicted octanol–water partition coefficient (Wildman–Crippen LogP) is 3.20. The standard InChI is InChI=1S/C20H26N6O5/c1-4-23(5-2)20(27)21-24-11-12-9-14-13(7-6-8-22(14)3)18-15(25(28)29)10-16(26(30)31)19(24)17(12)18/h10-11,13-14H,4-9H2,1-3H3,(H,21,27)/t13-,14+/m0/s1. The van der Waals surface area contributed by atoms with Gasteiger partial charge in [-0.05, 0) is 52.3 Å². The maximum atomic E-state index is 12.7. The first-order chi connectivity index (χ1) is 14.8. The van der Waals surface area contributed by atoms with E-state index in [0.29, 0.717) is 30.5 Å². The normalized spacial score (nSPS) is 20.4. The van der Waals surface area contributed by atoms with E-state index in [1.54, 1.807) is 11.1 Å². The first-order valence-corrected chi connectivity index (χ1v) is 10.5. The summed E-state index contributed by atoms with van der Waals surface area (Å²) in [6, 6.07) is 0.758. The molecule has 0 spiro atoms. The van der Waals surface area contributed by atoms with Gasteiger partial charge in [-0.25, -0.2) is 10.2 Å². The van der Waals surface area contributed by atoms with E-state index in [1.807, 2.05) is 20.9 Å². The summed E-state index contributed by atoms with van der Waals surface area (Å²) < 4.78 is 1.38. The number of nitrogens with zero attached hydrogens (tertiary/aromatic N) is 5. The second-order valence-corrected chi connectivity index (χ2v) is 8.18. The number of fused-ring (bicyclic) bond motifs is 2. The van der Waals surface area contributed by atoms with E-state index in [2.05, 4.69) is 10.3 Å². The zero-order valence-corrected chi connectivity index (χ0v) is 17.8. The number of nitro benzene ring substituents is 2. The van der Waals surface area contributed by atoms with Crippen molar-refractivity contribution >= 4 is 28.3 Å². The molecule has 2 atom stereocenters. The van der Waals surface area contributed by atoms with Crippen LogP contribution in [0.5, 0.6) is 0 Å². The number of hydrogen-bond donors (Lipinski definition) is 1. The monoisotopic (exact) mass is 430 g/mol. The molecule has 0 unspecified atom stereocenters. The molecule has 1 aliphatic carbocycles. The number of rotatable bonds is 5. The summed E-state index contributed by atoms with van der Waals surface area (Å²) in [4.78, 5) is 39.1. The van der Waals surface area contributed by atoms with Crippen LogP contribution in [-0.2, 0) is 6.42 Å². The van der Waals surface area contributed by atoms with Crippen molar-refractivity contribution in [1.82, 2.24) is 14.5 Å². The lowest BCUT2D eigenvalue weighted by Crippen LogP contribution is -2.44. The molecule has 0 saturated carbocycles. The molecule has 0 radical (unpaired) electrons. The fourth-order valence-electron chi connectivity index (χ4n) is 5.19. The van der Waals surface area contributed by atoms with E-state index < -0.39 is 9.85 Å². The highest BCUT2D eigenvalue weighted by atomic mass is 16.6. The van der Waals surface area contributed by atoms with Gasteiger partial charge in [0.15, 0.2) is 0 Å². The lowest BCUT2D eigenvalue weighted by molar-refractivity contribution is -0.393. The van der Waals surface area contributed by atoms with Gasteiger partial charge in [-0.1, -0.05) is 0 Å². The number of likely N-dealkylation sites (N-methyl/N-ethyl adjacent to an activating group) is 1. The van der Waals surface area contributed by atoms with Crippen LogP contribution in [0.4, 0.5) is 16.2 Å². The lowest BCUT2D eigenvalue weighted by Gasteiger charge is -2.41. The van der Waals surface area contributed by atoms with Gasteiger partial charge < -0.3 is 9.80 Å². The van der Waals surface area contributed by atoms with Gasteiger partial charge in [-0.3, -0.25) is 24.9 Å². The smallest absolute Gasteiger partial charge is 0.324 e. The van der Waals surface area contributed by atoms with Crippen molar-refractivity contribution in [2.45, 2.75) is 45.1 Å². The molecular weight excluding hydrogens is 404 g/mol. The third kappa shape index (κ3) is 3.29. The summed E-state index contributed by atoms with van der Waals surface area (Å²) in [5, 5.41) is 24.3. The number of non-ortho nitro benzene ring substituents is 1. The number of carbonyl (C=O) groups excluding carboxylic acids is 1. The molecule has 11 nitrogen and oxygen atoms in total. The molecule has 11 heteroatoms. The Labute approximate surface area is 178 Å². The van der Waals surface area contributed by atoms with Crippen LogP contribution >= 0.6 is 0 Å². The highest BCUT2D eigenvalue weighted by Gasteiger charge is 2.43. The van der Waals surface area contributed by atoms with Gasteiger partial charge >= 0.3 is 11.7 Å². The van der Waals surface area contributed by atoms with Crippen LogP contribution in [-0.4, -0.2) is 63.1 Å². The second-order valence-electron chi connectivity index (χ2n) is 8.18. The summed E-state index contributed by atoms with van der Waals surface area (Å²) >= 11 is 0. The molecule has 1 aromatic carbocycles. The van der Waals surface area contributed by atoms with Crippen LogP contribution in [0.15, 0.2) is 12.3 Å². The SMILES string of the molecule is CCN(CC)C(=O)Nn1cc2c3c(c([N+](=O)[O-])cc([N+](=O)[O-])c31)[C@H]1CCCN(C)[C@@H]1C2. The molecule has 2 aromatic rings. The largest absolute Gasteiger partial charge is 0.336 e. The van der Waals surface area contributed by atoms with E-state index in [4.69, 9.17) is 0 Å². The van der Waals surface area contributed by atoms with Crippen molar-refractivity contribution in [3.63, 3.8) is 0 Å². The van der Waals surface area contributed by atoms with Crippen LogP contribution in [0.25, 0.3) is 10.9 Å². The highest BCUT2D eigenvalue weighted by molar-refractivity contribution is 5.99. The van der Waals surface area contributed by atoms with E-state index in [-0.39, 0.29) is 34.9 Å². The zero-order chi connectivity index (χ0) is 22.4. The average molecular weight is 430 g/mol. The van der Waals surface area contributed by atoms with Gasteiger partial charge in [0.1, 0.15) is 5.52 Å². The summed E-state index contributed by atoms with van der Waals surface area (Å²) in [6.07, 6.45) is 4.00. The van der Waals surface area contributed by atoms with E-state index in [0.717, 1.165) is 31.0 Å². The Kier molecular flexibility index (Phi) is 5.29. The summed E-state index contributed by atoms with van der Waals surface area (Å²) in [5.74, 6) is -0.0794. The number of carbonyl (C=O) groups is 1. The third-order valence-electron chi connectivity index (χ3n) is 6.66. The van der Waals surface area contributed by atoms with Gasteiger partial charge in [0.2, 0.25) is 0 Å². The summed E-state index contributed by atoms with van der Waals surface area (Å²) in [7, 11) is 2.01. The Hall–Kier alpha value is -3.21. The molecule has 2 amide bonds. The van der Waals surface area contributed by atoms with Gasteiger partial charge in [0.05, 0.1) is 15.9 Å². The minimum absolute atomic E-state index is 0.0794. The minimum Gasteiger partial charge on any atom is -0.324 e. The molecule has 166 valence electrons. The lowest BCUT2D eigenvalue weighted by atomic mass is 9.74. The number of nitro groups is 2. The molecule has 2 heterocycles. The summed E-state index contributed by atoms with van der Waals surface area (Å²) in [6.45, 7) is 5.58. The van der Waals surface area contributed by atoms with Crippen LogP contribution < -0.4 is 5.43 Å². The van der Waals surface area contributed by atoms with Gasteiger partial charge in [-0.2, -0.15) is 0 Å². The van der Waals surface area contributed by atoms with Crippen molar-refractivity contribution in [2.75, 3.05) is 32.1 Å². The molecular formula is C20H26N6O5. The van der Waals surface area contributed by atoms with Gasteiger partial charge in [0, 0.05) is 42.2 Å². The molecule has 4 rings (SSSR count). The maximum Gasteiger partial charge on any atom is 0.336 e. The quantitative estimate of drug-likeness (QED) is 0.573. The number of benzene rings is 1. The number of urea groups is 1.